The molecule has 0 aliphatic rings. The summed E-state index contributed by atoms with van der Waals surface area (Å²) in [4.78, 5) is 25.3. The molecule has 0 saturated carbocycles. The number of aliphatic hydroxyl groups excluding tert-OH is 2. The molecule has 2 rings (SSSR count). The van der Waals surface area contributed by atoms with Crippen LogP contribution in [0, 0.1) is 21.6 Å². The maximum Gasteiger partial charge on any atom is 0.235 e. The molecule has 14 heteroatoms. The number of thioether (sulfide) groups is 3. The Labute approximate surface area is 257 Å². The monoisotopic (exact) mass is 633 g/mol. The first-order valence-electron chi connectivity index (χ1n) is 12.7. The van der Waals surface area contributed by atoms with Gasteiger partial charge in [0.15, 0.2) is 5.17 Å². The van der Waals surface area contributed by atoms with Crippen LogP contribution in [0.1, 0.15) is 35.8 Å². The molecule has 226 valence electrons. The van der Waals surface area contributed by atoms with E-state index in [1.54, 1.807) is 48.5 Å². The molecular formula is C28H35N5O6S3. The molecule has 0 heterocycles. The third kappa shape index (κ3) is 11.6. The number of carbonyl (C=O) groups excluding carboxylic acids is 2. The van der Waals surface area contributed by atoms with Crippen molar-refractivity contribution in [2.24, 2.45) is 0 Å². The molecule has 42 heavy (non-hydrogen) atoms. The predicted molar refractivity (Wildman–Crippen MR) is 171 cm³/mol. The number of ether oxygens (including phenoxy) is 2. The molecule has 1 amide bonds. The molecule has 0 fully saturated rings. The van der Waals surface area contributed by atoms with Gasteiger partial charge in [-0.15, -0.1) is 0 Å². The van der Waals surface area contributed by atoms with Gasteiger partial charge in [0.1, 0.15) is 17.3 Å². The normalized spacial score (nSPS) is 12.1. The van der Waals surface area contributed by atoms with Gasteiger partial charge in [0.25, 0.3) is 0 Å². The van der Waals surface area contributed by atoms with Crippen LogP contribution in [0.15, 0.2) is 48.5 Å². The summed E-state index contributed by atoms with van der Waals surface area (Å²) in [5, 5.41) is 54.4. The van der Waals surface area contributed by atoms with E-state index in [1.165, 1.54) is 26.0 Å². The zero-order valence-electron chi connectivity index (χ0n) is 23.3. The zero-order chi connectivity index (χ0) is 31.1. The Bertz CT molecular complexity index is 1190. The quantitative estimate of drug-likeness (QED) is 0.0857. The molecule has 2 aromatic rings. The third-order valence-electron chi connectivity index (χ3n) is 5.81. The lowest BCUT2D eigenvalue weighted by atomic mass is 9.94. The van der Waals surface area contributed by atoms with E-state index in [4.69, 9.17) is 31.1 Å². The average Bonchev–Trinajstić information content (AvgIpc) is 2.96. The van der Waals surface area contributed by atoms with Crippen LogP contribution in [0.25, 0.3) is 0 Å². The second-order valence-electron chi connectivity index (χ2n) is 8.76. The Morgan fingerprint density at radius 1 is 0.833 bits per heavy atom. The highest BCUT2D eigenvalue weighted by Crippen LogP contribution is 2.25. The van der Waals surface area contributed by atoms with E-state index < -0.39 is 31.0 Å². The van der Waals surface area contributed by atoms with Gasteiger partial charge in [-0.2, -0.15) is 11.8 Å². The Morgan fingerprint density at radius 2 is 1.40 bits per heavy atom. The fourth-order valence-corrected chi connectivity index (χ4v) is 6.08. The molecule has 0 bridgehead atoms. The van der Waals surface area contributed by atoms with Crippen LogP contribution in [0.5, 0.6) is 11.5 Å². The molecule has 0 radical (unpaired) electrons. The lowest BCUT2D eigenvalue weighted by Gasteiger charge is -2.16. The lowest BCUT2D eigenvalue weighted by Crippen LogP contribution is -2.34. The van der Waals surface area contributed by atoms with Crippen LogP contribution in [0.4, 0.5) is 0 Å². The molecule has 2 atom stereocenters. The van der Waals surface area contributed by atoms with Crippen LogP contribution in [-0.2, 0) is 9.59 Å². The molecule has 0 aliphatic heterocycles. The maximum absolute atomic E-state index is 12.7. The van der Waals surface area contributed by atoms with Crippen molar-refractivity contribution in [3.05, 3.63) is 59.7 Å². The summed E-state index contributed by atoms with van der Waals surface area (Å²) < 4.78 is 10.3. The first-order valence-corrected chi connectivity index (χ1v) is 15.5. The number of nitrogens with one attached hydrogen (secondary N) is 5. The molecule has 2 unspecified atom stereocenters. The number of ketones is 1. The summed E-state index contributed by atoms with van der Waals surface area (Å²) in [6.07, 6.45) is 0.128. The number of carbonyl (C=O) groups is 2. The second-order valence-corrected chi connectivity index (χ2v) is 12.2. The molecule has 2 aromatic carbocycles. The van der Waals surface area contributed by atoms with Gasteiger partial charge in [-0.05, 0) is 52.9 Å². The largest absolute Gasteiger partial charge is 0.497 e. The Balaban J connectivity index is 1.70. The van der Waals surface area contributed by atoms with Gasteiger partial charge >= 0.3 is 0 Å². The van der Waals surface area contributed by atoms with Gasteiger partial charge in [0.2, 0.25) is 5.91 Å². The number of methoxy groups -OCH3 is 2. The first kappa shape index (κ1) is 35.0. The van der Waals surface area contributed by atoms with E-state index in [2.05, 4.69) is 5.32 Å². The van der Waals surface area contributed by atoms with Gasteiger partial charge in [0, 0.05) is 12.2 Å². The summed E-state index contributed by atoms with van der Waals surface area (Å²) in [7, 11) is 3.01. The lowest BCUT2D eigenvalue weighted by molar-refractivity contribution is -0.122. The smallest absolute Gasteiger partial charge is 0.235 e. The van der Waals surface area contributed by atoms with Crippen molar-refractivity contribution in [3.8, 4) is 11.5 Å². The van der Waals surface area contributed by atoms with E-state index in [0.29, 0.717) is 34.8 Å². The van der Waals surface area contributed by atoms with Gasteiger partial charge in [-0.3, -0.25) is 31.2 Å². The van der Waals surface area contributed by atoms with Crippen LogP contribution >= 0.6 is 35.3 Å². The molecule has 0 aliphatic carbocycles. The number of benzene rings is 2. The number of amidine groups is 1. The molecule has 0 spiro atoms. The maximum atomic E-state index is 12.7. The predicted octanol–water partition coefficient (Wildman–Crippen LogP) is 4.09. The summed E-state index contributed by atoms with van der Waals surface area (Å²) in [6.45, 7) is -0.850. The minimum Gasteiger partial charge on any atom is -0.497 e. The SMILES string of the molecule is COc1cccc(C(CO)C(=O)CC(=N)SC(=N)CCSCC(=N)SC(=N)NC(=O)C(CO)c2cccc(OC)c2)c1. The van der Waals surface area contributed by atoms with Crippen molar-refractivity contribution in [1.82, 2.24) is 5.32 Å². The number of amides is 1. The fourth-order valence-electron chi connectivity index (χ4n) is 3.67. The van der Waals surface area contributed by atoms with Crippen molar-refractivity contribution in [2.45, 2.75) is 24.7 Å². The second kappa shape index (κ2) is 18.4. The molecule has 0 saturated heterocycles. The fraction of sp³-hybridized carbons (Fsp3) is 0.357. The molecule has 11 nitrogen and oxygen atoms in total. The number of hydrogen-bond acceptors (Lipinski definition) is 13. The third-order valence-corrected chi connectivity index (χ3v) is 8.52. The van der Waals surface area contributed by atoms with Crippen molar-refractivity contribution in [3.63, 3.8) is 0 Å². The highest BCUT2D eigenvalue weighted by atomic mass is 32.2. The van der Waals surface area contributed by atoms with Crippen molar-refractivity contribution >= 4 is 67.3 Å². The first-order chi connectivity index (χ1) is 20.1. The summed E-state index contributed by atoms with van der Waals surface area (Å²) in [5.74, 6) is -0.708. The molecule has 7 N–H and O–H groups in total. The minimum atomic E-state index is -0.890. The van der Waals surface area contributed by atoms with E-state index in [0.717, 1.165) is 23.5 Å². The summed E-state index contributed by atoms with van der Waals surface area (Å²) >= 11 is 3.05. The van der Waals surface area contributed by atoms with E-state index in [1.807, 2.05) is 0 Å². The van der Waals surface area contributed by atoms with Crippen LogP contribution in [0.3, 0.4) is 0 Å². The highest BCUT2D eigenvalue weighted by Gasteiger charge is 2.23. The van der Waals surface area contributed by atoms with E-state index in [-0.39, 0.29) is 38.3 Å². The van der Waals surface area contributed by atoms with E-state index in [9.17, 15) is 19.8 Å². The van der Waals surface area contributed by atoms with Crippen LogP contribution in [0.2, 0.25) is 0 Å². The number of Topliss-reactive ketones (excluding diaryl/α,β-unsaturated/α-hetero) is 1. The van der Waals surface area contributed by atoms with Gasteiger partial charge in [0.05, 0.1) is 60.8 Å². The van der Waals surface area contributed by atoms with Crippen molar-refractivity contribution in [1.29, 1.82) is 21.6 Å². The van der Waals surface area contributed by atoms with Crippen molar-refractivity contribution < 1.29 is 29.3 Å². The van der Waals surface area contributed by atoms with Gasteiger partial charge < -0.3 is 25.0 Å². The zero-order valence-corrected chi connectivity index (χ0v) is 25.7. The van der Waals surface area contributed by atoms with Crippen LogP contribution < -0.4 is 14.8 Å². The summed E-state index contributed by atoms with van der Waals surface area (Å²) in [6, 6.07) is 13.6. The average molecular weight is 634 g/mol. The summed E-state index contributed by atoms with van der Waals surface area (Å²) in [5.41, 5.74) is 1.14. The molecular weight excluding hydrogens is 599 g/mol. The van der Waals surface area contributed by atoms with Crippen molar-refractivity contribution in [2.75, 3.05) is 38.9 Å². The Kier molecular flexibility index (Phi) is 15.3. The topological polar surface area (TPSA) is 200 Å². The van der Waals surface area contributed by atoms with Gasteiger partial charge in [-0.1, -0.05) is 36.0 Å². The number of rotatable bonds is 15. The highest BCUT2D eigenvalue weighted by molar-refractivity contribution is 8.27. The van der Waals surface area contributed by atoms with E-state index >= 15 is 0 Å². The van der Waals surface area contributed by atoms with Gasteiger partial charge in [-0.25, -0.2) is 0 Å². The standard InChI is InChI=1S/C28H35N5O6S3/c1-38-19-7-3-5-17(11-19)21(14-34)23(36)13-25(30)41-24(29)9-10-40-16-26(31)42-28(32)33-27(37)22(15-35)18-6-4-8-20(12-18)39-2/h3-8,11-12,21-22,29-31,34-35H,9-10,13-16H2,1-2H3,(H2,32,33,37). The van der Waals surface area contributed by atoms with Crippen LogP contribution in [-0.4, -0.2) is 81.1 Å². The Morgan fingerprint density at radius 3 is 1.95 bits per heavy atom. The number of hydrogen-bond donors (Lipinski definition) is 7. The minimum absolute atomic E-state index is 0.0129. The Hall–Kier alpha value is -3.17. The number of aliphatic hydroxyl groups is 2. The molecule has 0 aromatic heterocycles.